The normalized spacial score (nSPS) is 11.9. The topological polar surface area (TPSA) is 38.3 Å². The summed E-state index contributed by atoms with van der Waals surface area (Å²) in [5, 5.41) is 2.83. The van der Waals surface area contributed by atoms with Crippen LogP contribution in [0.1, 0.15) is 22.8 Å². The maximum absolute atomic E-state index is 12.2. The molecule has 100 valence electrons. The number of ether oxygens (including phenoxy) is 1. The highest BCUT2D eigenvalue weighted by Gasteiger charge is 2.12. The van der Waals surface area contributed by atoms with Gasteiger partial charge in [0.2, 0.25) is 0 Å². The Morgan fingerprint density at radius 3 is 2.58 bits per heavy atom. The molecule has 1 aromatic rings. The predicted molar refractivity (Wildman–Crippen MR) is 77.7 cm³/mol. The molecule has 0 aliphatic carbocycles. The Hall–Kier alpha value is -2.29. The number of aryl methyl sites for hydroxylation is 1. The minimum atomic E-state index is -0.164. The summed E-state index contributed by atoms with van der Waals surface area (Å²) >= 11 is 0. The standard InChI is InChI=1S/C16H19NO2/c1-5-9-14(15(6-2)19-4)17-16(18)13-11-8-7-10-12(13)3/h5-11H,1H2,2-4H3,(H,17,18)/b14-9+,15-6+. The van der Waals surface area contributed by atoms with Crippen LogP contribution in [0.4, 0.5) is 0 Å². The highest BCUT2D eigenvalue weighted by molar-refractivity contribution is 5.97. The van der Waals surface area contributed by atoms with Crippen molar-refractivity contribution in [2.45, 2.75) is 13.8 Å². The zero-order valence-electron chi connectivity index (χ0n) is 11.6. The van der Waals surface area contributed by atoms with Gasteiger partial charge in [-0.2, -0.15) is 0 Å². The fourth-order valence-corrected chi connectivity index (χ4v) is 1.70. The second kappa shape index (κ2) is 7.21. The van der Waals surface area contributed by atoms with Crippen LogP contribution in [-0.2, 0) is 4.74 Å². The Morgan fingerprint density at radius 2 is 2.05 bits per heavy atom. The number of carbonyl (C=O) groups is 1. The van der Waals surface area contributed by atoms with E-state index in [2.05, 4.69) is 11.9 Å². The van der Waals surface area contributed by atoms with Gasteiger partial charge < -0.3 is 10.1 Å². The second-order valence-corrected chi connectivity index (χ2v) is 3.94. The fraction of sp³-hybridized carbons (Fsp3) is 0.188. The highest BCUT2D eigenvalue weighted by Crippen LogP contribution is 2.11. The second-order valence-electron chi connectivity index (χ2n) is 3.94. The van der Waals surface area contributed by atoms with Crippen LogP contribution in [0.5, 0.6) is 0 Å². The van der Waals surface area contributed by atoms with Crippen molar-refractivity contribution in [1.82, 2.24) is 5.32 Å². The molecule has 1 amide bonds. The lowest BCUT2D eigenvalue weighted by Gasteiger charge is -2.13. The Kier molecular flexibility index (Phi) is 5.61. The molecule has 0 unspecified atom stereocenters. The first-order valence-corrected chi connectivity index (χ1v) is 6.04. The number of methoxy groups -OCH3 is 1. The molecule has 0 spiro atoms. The molecule has 3 nitrogen and oxygen atoms in total. The predicted octanol–water partition coefficient (Wildman–Crippen LogP) is 3.34. The van der Waals surface area contributed by atoms with Crippen molar-refractivity contribution in [2.24, 2.45) is 0 Å². The fourth-order valence-electron chi connectivity index (χ4n) is 1.70. The molecule has 0 radical (unpaired) electrons. The van der Waals surface area contributed by atoms with Crippen LogP contribution in [0, 0.1) is 6.92 Å². The first-order valence-electron chi connectivity index (χ1n) is 6.04. The van der Waals surface area contributed by atoms with Gasteiger partial charge in [-0.05, 0) is 37.6 Å². The van der Waals surface area contributed by atoms with Crippen LogP contribution in [0.3, 0.4) is 0 Å². The third kappa shape index (κ3) is 3.85. The van der Waals surface area contributed by atoms with Gasteiger partial charge in [0, 0.05) is 5.56 Å². The summed E-state index contributed by atoms with van der Waals surface area (Å²) in [5.41, 5.74) is 2.16. The van der Waals surface area contributed by atoms with Gasteiger partial charge in [0.05, 0.1) is 12.8 Å². The molecule has 0 aliphatic heterocycles. The van der Waals surface area contributed by atoms with Crippen molar-refractivity contribution in [2.75, 3.05) is 7.11 Å². The van der Waals surface area contributed by atoms with Crippen LogP contribution in [0.15, 0.2) is 60.5 Å². The lowest BCUT2D eigenvalue weighted by atomic mass is 10.1. The maximum atomic E-state index is 12.2. The van der Waals surface area contributed by atoms with Crippen LogP contribution < -0.4 is 5.32 Å². The Bertz CT molecular complexity index is 527. The van der Waals surface area contributed by atoms with Crippen LogP contribution >= 0.6 is 0 Å². The van der Waals surface area contributed by atoms with Gasteiger partial charge in [0.15, 0.2) is 0 Å². The molecule has 1 aromatic carbocycles. The molecule has 3 heteroatoms. The van der Waals surface area contributed by atoms with Gasteiger partial charge in [-0.25, -0.2) is 0 Å². The molecule has 0 atom stereocenters. The zero-order chi connectivity index (χ0) is 14.3. The van der Waals surface area contributed by atoms with E-state index in [9.17, 15) is 4.79 Å². The Morgan fingerprint density at radius 1 is 1.37 bits per heavy atom. The number of benzene rings is 1. The number of allylic oxidation sites excluding steroid dienone is 3. The number of hydrogen-bond acceptors (Lipinski definition) is 2. The van der Waals surface area contributed by atoms with E-state index in [0.29, 0.717) is 17.0 Å². The molecule has 0 saturated carbocycles. The number of rotatable bonds is 5. The lowest BCUT2D eigenvalue weighted by Crippen LogP contribution is -2.25. The molecule has 0 aromatic heterocycles. The van der Waals surface area contributed by atoms with E-state index in [4.69, 9.17) is 4.74 Å². The molecular formula is C16H19NO2. The van der Waals surface area contributed by atoms with E-state index in [1.807, 2.05) is 32.0 Å². The summed E-state index contributed by atoms with van der Waals surface area (Å²) in [6, 6.07) is 7.43. The van der Waals surface area contributed by atoms with Crippen molar-refractivity contribution >= 4 is 5.91 Å². The van der Waals surface area contributed by atoms with E-state index in [1.165, 1.54) is 0 Å². The monoisotopic (exact) mass is 257 g/mol. The zero-order valence-corrected chi connectivity index (χ0v) is 11.6. The number of nitrogens with one attached hydrogen (secondary N) is 1. The molecule has 1 rings (SSSR count). The van der Waals surface area contributed by atoms with E-state index in [0.717, 1.165) is 5.56 Å². The Labute approximate surface area is 114 Å². The maximum Gasteiger partial charge on any atom is 0.256 e. The minimum absolute atomic E-state index is 0.164. The first kappa shape index (κ1) is 14.8. The SMILES string of the molecule is C=C/C=C(NC(=O)c1ccccc1C)\C(=C/C)OC. The van der Waals surface area contributed by atoms with E-state index < -0.39 is 0 Å². The minimum Gasteiger partial charge on any atom is -0.495 e. The smallest absolute Gasteiger partial charge is 0.256 e. The molecule has 0 saturated heterocycles. The van der Waals surface area contributed by atoms with Crippen molar-refractivity contribution < 1.29 is 9.53 Å². The van der Waals surface area contributed by atoms with Gasteiger partial charge in [-0.3, -0.25) is 4.79 Å². The van der Waals surface area contributed by atoms with Crippen LogP contribution in [0.25, 0.3) is 0 Å². The lowest BCUT2D eigenvalue weighted by molar-refractivity contribution is 0.0962. The average molecular weight is 257 g/mol. The van der Waals surface area contributed by atoms with Gasteiger partial charge in [-0.1, -0.05) is 30.9 Å². The first-order chi connectivity index (χ1) is 9.13. The highest BCUT2D eigenvalue weighted by atomic mass is 16.5. The van der Waals surface area contributed by atoms with Crippen molar-refractivity contribution in [3.63, 3.8) is 0 Å². The third-order valence-corrected chi connectivity index (χ3v) is 2.67. The molecule has 1 N–H and O–H groups in total. The van der Waals surface area contributed by atoms with E-state index in [1.54, 1.807) is 31.4 Å². The van der Waals surface area contributed by atoms with Crippen molar-refractivity contribution in [3.05, 3.63) is 71.7 Å². The third-order valence-electron chi connectivity index (χ3n) is 2.67. The summed E-state index contributed by atoms with van der Waals surface area (Å²) in [7, 11) is 1.56. The summed E-state index contributed by atoms with van der Waals surface area (Å²) in [6.45, 7) is 7.38. The molecule has 0 bridgehead atoms. The van der Waals surface area contributed by atoms with E-state index in [-0.39, 0.29) is 5.91 Å². The van der Waals surface area contributed by atoms with Gasteiger partial charge >= 0.3 is 0 Å². The van der Waals surface area contributed by atoms with Crippen molar-refractivity contribution in [1.29, 1.82) is 0 Å². The Balaban J connectivity index is 2.99. The van der Waals surface area contributed by atoms with Crippen molar-refractivity contribution in [3.8, 4) is 0 Å². The molecule has 19 heavy (non-hydrogen) atoms. The van der Waals surface area contributed by atoms with E-state index >= 15 is 0 Å². The largest absolute Gasteiger partial charge is 0.495 e. The number of carbonyl (C=O) groups excluding carboxylic acids is 1. The molecule has 0 aliphatic rings. The quantitative estimate of drug-likeness (QED) is 0.649. The van der Waals surface area contributed by atoms with Gasteiger partial charge in [-0.15, -0.1) is 0 Å². The summed E-state index contributed by atoms with van der Waals surface area (Å²) < 4.78 is 5.21. The van der Waals surface area contributed by atoms with Gasteiger partial charge in [0.25, 0.3) is 5.91 Å². The summed E-state index contributed by atoms with van der Waals surface area (Å²) in [5.74, 6) is 0.435. The number of hydrogen-bond donors (Lipinski definition) is 1. The summed E-state index contributed by atoms with van der Waals surface area (Å²) in [6.07, 6.45) is 5.10. The average Bonchev–Trinajstić information content (AvgIpc) is 2.40. The van der Waals surface area contributed by atoms with Crippen LogP contribution in [-0.4, -0.2) is 13.0 Å². The van der Waals surface area contributed by atoms with Gasteiger partial charge in [0.1, 0.15) is 5.76 Å². The van der Waals surface area contributed by atoms with Crippen LogP contribution in [0.2, 0.25) is 0 Å². The molecular weight excluding hydrogens is 238 g/mol. The molecule has 0 fully saturated rings. The number of amides is 1. The molecule has 0 heterocycles. The summed E-state index contributed by atoms with van der Waals surface area (Å²) in [4.78, 5) is 12.2.